The van der Waals surface area contributed by atoms with Crippen molar-refractivity contribution in [3.8, 4) is 0 Å². The van der Waals surface area contributed by atoms with Crippen LogP contribution in [0.25, 0.3) is 10.4 Å². The van der Waals surface area contributed by atoms with E-state index in [9.17, 15) is 29.7 Å². The molecular formula is C33H50N6O6S. The van der Waals surface area contributed by atoms with E-state index in [2.05, 4.69) is 41.4 Å². The van der Waals surface area contributed by atoms with Gasteiger partial charge in [-0.25, -0.2) is 0 Å². The lowest BCUT2D eigenvalue weighted by molar-refractivity contribution is -0.223. The number of azide groups is 1. The number of carbonyl (C=O) groups is 3. The minimum atomic E-state index is -0.807. The number of aliphatic hydroxyl groups excluding tert-OH is 3. The van der Waals surface area contributed by atoms with Crippen LogP contribution in [0.15, 0.2) is 16.4 Å². The Hall–Kier alpha value is -2.31. The summed E-state index contributed by atoms with van der Waals surface area (Å²) in [6.07, 6.45) is 5.41. The molecule has 0 aromatic carbocycles. The van der Waals surface area contributed by atoms with Gasteiger partial charge in [0.05, 0.1) is 25.0 Å². The van der Waals surface area contributed by atoms with Crippen LogP contribution in [-0.2, 0) is 14.4 Å². The van der Waals surface area contributed by atoms with Crippen molar-refractivity contribution in [2.45, 2.75) is 115 Å². The molecule has 3 amide bonds. The van der Waals surface area contributed by atoms with Gasteiger partial charge in [-0.2, -0.15) is 0 Å². The number of rotatable bonds is 8. The Kier molecular flexibility index (Phi) is 9.21. The topological polar surface area (TPSA) is 188 Å². The third kappa shape index (κ3) is 5.34. The molecule has 5 unspecified atom stereocenters. The maximum absolute atomic E-state index is 13.2. The van der Waals surface area contributed by atoms with Gasteiger partial charge >= 0.3 is 0 Å². The van der Waals surface area contributed by atoms with E-state index in [0.29, 0.717) is 42.8 Å². The zero-order valence-electron chi connectivity index (χ0n) is 27.4. The number of amides is 3. The van der Waals surface area contributed by atoms with Gasteiger partial charge in [0.15, 0.2) is 0 Å². The molecule has 0 radical (unpaired) electrons. The maximum Gasteiger partial charge on any atom is 0.268 e. The minimum Gasteiger partial charge on any atom is -0.393 e. The van der Waals surface area contributed by atoms with Gasteiger partial charge in [-0.05, 0) is 116 Å². The summed E-state index contributed by atoms with van der Waals surface area (Å²) in [5.74, 6) is 0.934. The average Bonchev–Trinajstić information content (AvgIpc) is 3.39. The van der Waals surface area contributed by atoms with E-state index in [1.165, 1.54) is 16.7 Å². The van der Waals surface area contributed by atoms with E-state index < -0.39 is 30.3 Å². The predicted octanol–water partition coefficient (Wildman–Crippen LogP) is 3.42. The Morgan fingerprint density at radius 1 is 1.09 bits per heavy atom. The van der Waals surface area contributed by atoms with Crippen LogP contribution in [0.4, 0.5) is 0 Å². The molecule has 0 aromatic heterocycles. The molecule has 6 rings (SSSR count). The van der Waals surface area contributed by atoms with Gasteiger partial charge in [0.2, 0.25) is 5.91 Å². The number of β-lactam (4-membered cyclic amide) rings is 1. The van der Waals surface area contributed by atoms with E-state index in [4.69, 9.17) is 5.53 Å². The SMILES string of the molecule is CC1=C(C(=O)NCN=[N+]=[N-])N2C(=O)C(NC(=O)CC[C@@H](C)[C@H]3CC[C@H]4[C@@H]5C(O)C(O)[C@@H]6C[C@H](O)CC[C@]6(C)C5CC[C@]34C)C2SC1. The normalized spacial score (nSPS) is 43.6. The lowest BCUT2D eigenvalue weighted by Crippen LogP contribution is -2.70. The number of hydrogen-bond acceptors (Lipinski definition) is 8. The molecule has 5 N–H and O–H groups in total. The number of nitrogens with zero attached hydrogens (tertiary/aromatic N) is 4. The zero-order valence-corrected chi connectivity index (χ0v) is 28.2. The van der Waals surface area contributed by atoms with Crippen LogP contribution >= 0.6 is 11.8 Å². The van der Waals surface area contributed by atoms with Crippen molar-refractivity contribution in [1.29, 1.82) is 0 Å². The van der Waals surface area contributed by atoms with E-state index >= 15 is 0 Å². The van der Waals surface area contributed by atoms with E-state index in [1.54, 1.807) is 6.92 Å². The molecule has 0 bridgehead atoms. The van der Waals surface area contributed by atoms with Gasteiger partial charge in [0.1, 0.15) is 17.1 Å². The van der Waals surface area contributed by atoms with E-state index in [0.717, 1.165) is 44.1 Å². The summed E-state index contributed by atoms with van der Waals surface area (Å²) in [4.78, 5) is 43.0. The fourth-order valence-corrected chi connectivity index (χ4v) is 12.3. The van der Waals surface area contributed by atoms with Crippen LogP contribution in [0.5, 0.6) is 0 Å². The van der Waals surface area contributed by atoms with Gasteiger partial charge < -0.3 is 26.0 Å². The predicted molar refractivity (Wildman–Crippen MR) is 172 cm³/mol. The van der Waals surface area contributed by atoms with Gasteiger partial charge in [-0.15, -0.1) is 11.8 Å². The van der Waals surface area contributed by atoms with Crippen molar-refractivity contribution >= 4 is 29.5 Å². The number of thioether (sulfide) groups is 1. The number of fused-ring (bicyclic) bond motifs is 6. The Bertz CT molecular complexity index is 1340. The Morgan fingerprint density at radius 3 is 2.54 bits per heavy atom. The third-order valence-electron chi connectivity index (χ3n) is 13.4. The molecule has 13 atom stereocenters. The second-order valence-electron chi connectivity index (χ2n) is 15.5. The molecule has 2 heterocycles. The van der Waals surface area contributed by atoms with Crippen LogP contribution < -0.4 is 10.6 Å². The first kappa shape index (κ1) is 33.6. The Labute approximate surface area is 275 Å². The summed E-state index contributed by atoms with van der Waals surface area (Å²) in [6, 6.07) is -0.685. The Balaban J connectivity index is 1.05. The Morgan fingerprint density at radius 2 is 1.80 bits per heavy atom. The first-order chi connectivity index (χ1) is 21.8. The molecule has 0 spiro atoms. The summed E-state index contributed by atoms with van der Waals surface area (Å²) >= 11 is 1.52. The minimum absolute atomic E-state index is 0.0258. The number of carbonyl (C=O) groups excluding carboxylic acids is 3. The van der Waals surface area contributed by atoms with Gasteiger partial charge in [-0.3, -0.25) is 19.3 Å². The highest BCUT2D eigenvalue weighted by molar-refractivity contribution is 8.00. The van der Waals surface area contributed by atoms with Crippen LogP contribution in [0.1, 0.15) is 85.5 Å². The number of aliphatic hydroxyl groups is 3. The highest BCUT2D eigenvalue weighted by Crippen LogP contribution is 2.68. The van der Waals surface area contributed by atoms with Crippen LogP contribution in [0.2, 0.25) is 0 Å². The molecule has 6 aliphatic rings. The molecular weight excluding hydrogens is 608 g/mol. The molecule has 46 heavy (non-hydrogen) atoms. The van der Waals surface area contributed by atoms with Gasteiger partial charge in [-0.1, -0.05) is 25.9 Å². The molecule has 2 aliphatic heterocycles. The smallest absolute Gasteiger partial charge is 0.268 e. The average molecular weight is 659 g/mol. The highest BCUT2D eigenvalue weighted by atomic mass is 32.2. The molecule has 4 aliphatic carbocycles. The van der Waals surface area contributed by atoms with Crippen molar-refractivity contribution in [1.82, 2.24) is 15.5 Å². The standard InChI is InChI=1S/C33H50N6O6S/c1-16(5-8-23(41)37-25-30(45)39-26(17(2)14-46-31(25)39)29(44)35-15-36-38-34)19-6-7-20-24-21(10-12-32(19,20)3)33(4)11-9-18(40)13-22(33)27(42)28(24)43/h16,18-22,24-25,27-28,31,40,42-43H,5-15H2,1-4H3,(H,35,44)(H,37,41)/t16-,18-,19-,20+,21?,22+,24+,25?,27?,28?,31?,32-,33-/m1/s1. The summed E-state index contributed by atoms with van der Waals surface area (Å²) < 4.78 is 0. The van der Waals surface area contributed by atoms with Crippen LogP contribution in [0, 0.1) is 46.3 Å². The van der Waals surface area contributed by atoms with Crippen LogP contribution in [0.3, 0.4) is 0 Å². The summed E-state index contributed by atoms with van der Waals surface area (Å²) in [5, 5.41) is 41.7. The molecule has 1 saturated heterocycles. The summed E-state index contributed by atoms with van der Waals surface area (Å²) in [6.45, 7) is 8.48. The fraction of sp³-hybridized carbons (Fsp3) is 0.848. The molecule has 13 heteroatoms. The quantitative estimate of drug-likeness (QED) is 0.114. The van der Waals surface area contributed by atoms with Gasteiger partial charge in [0.25, 0.3) is 11.8 Å². The molecule has 254 valence electrons. The molecule has 0 aromatic rings. The van der Waals surface area contributed by atoms with E-state index in [-0.39, 0.29) is 58.1 Å². The largest absolute Gasteiger partial charge is 0.393 e. The van der Waals surface area contributed by atoms with Crippen molar-refractivity contribution < 1.29 is 29.7 Å². The van der Waals surface area contributed by atoms with E-state index in [1.807, 2.05) is 0 Å². The second-order valence-corrected chi connectivity index (χ2v) is 16.6. The van der Waals surface area contributed by atoms with Crippen LogP contribution in [-0.4, -0.2) is 80.1 Å². The monoisotopic (exact) mass is 658 g/mol. The first-order valence-electron chi connectivity index (χ1n) is 17.1. The summed E-state index contributed by atoms with van der Waals surface area (Å²) in [5.41, 5.74) is 9.46. The van der Waals surface area contributed by atoms with Gasteiger partial charge in [0, 0.05) is 17.1 Å². The van der Waals surface area contributed by atoms with Crippen molar-refractivity contribution in [2.24, 2.45) is 51.5 Å². The lowest BCUT2D eigenvalue weighted by atomic mass is 9.43. The molecule has 4 saturated carbocycles. The highest BCUT2D eigenvalue weighted by Gasteiger charge is 2.65. The van der Waals surface area contributed by atoms with Crippen molar-refractivity contribution in [3.05, 3.63) is 21.7 Å². The molecule has 12 nitrogen and oxygen atoms in total. The number of nitrogens with one attached hydrogen (secondary N) is 2. The summed E-state index contributed by atoms with van der Waals surface area (Å²) in [7, 11) is 0. The fourth-order valence-electron chi connectivity index (χ4n) is 11.0. The zero-order chi connectivity index (χ0) is 33.1. The second kappa shape index (κ2) is 12.6. The first-order valence-corrected chi connectivity index (χ1v) is 18.1. The lowest BCUT2D eigenvalue weighted by Gasteiger charge is -2.63. The number of hydrogen-bond donors (Lipinski definition) is 5. The van der Waals surface area contributed by atoms with Crippen molar-refractivity contribution in [3.63, 3.8) is 0 Å². The molecule has 5 fully saturated rings. The third-order valence-corrected chi connectivity index (χ3v) is 14.8. The maximum atomic E-state index is 13.2. The van der Waals surface area contributed by atoms with Crippen molar-refractivity contribution in [2.75, 3.05) is 12.4 Å².